The zero-order valence-corrected chi connectivity index (χ0v) is 8.98. The molecule has 0 fully saturated rings. The highest BCUT2D eigenvalue weighted by atomic mass is 16.3. The van der Waals surface area contributed by atoms with Gasteiger partial charge in [0, 0.05) is 18.0 Å². The van der Waals surface area contributed by atoms with Crippen molar-refractivity contribution in [1.29, 1.82) is 0 Å². The van der Waals surface area contributed by atoms with Crippen molar-refractivity contribution in [2.45, 2.75) is 6.04 Å². The fourth-order valence-corrected chi connectivity index (χ4v) is 1.57. The molecule has 4 heteroatoms. The minimum Gasteiger partial charge on any atom is -0.291 e. The summed E-state index contributed by atoms with van der Waals surface area (Å²) in [4.78, 5) is 26.7. The molecule has 2 rings (SSSR count). The number of hydrogen-bond acceptors (Lipinski definition) is 4. The Labute approximate surface area is 98.3 Å². The molecule has 0 radical (unpaired) electrons. The van der Waals surface area contributed by atoms with E-state index in [9.17, 15) is 9.70 Å². The maximum Gasteiger partial charge on any atom is 0.195 e. The number of nitrogens with zero attached hydrogens (tertiary/aromatic N) is 2. The van der Waals surface area contributed by atoms with Crippen molar-refractivity contribution >= 4 is 5.78 Å². The van der Waals surface area contributed by atoms with E-state index in [1.165, 1.54) is 12.4 Å². The summed E-state index contributed by atoms with van der Waals surface area (Å²) in [5.74, 6) is -0.299. The first-order valence-electron chi connectivity index (χ1n) is 5.14. The SMILES string of the molecule is O=NC(C(=O)c1ccccc1)c1ccncc1. The Bertz CT molecular complexity index is 511. The normalized spacial score (nSPS) is 11.8. The molecular formula is C13H10N2O2. The second-order valence-electron chi connectivity index (χ2n) is 3.52. The van der Waals surface area contributed by atoms with Crippen molar-refractivity contribution in [3.8, 4) is 0 Å². The van der Waals surface area contributed by atoms with Crippen LogP contribution in [0.3, 0.4) is 0 Å². The number of carbonyl (C=O) groups excluding carboxylic acids is 1. The Morgan fingerprint density at radius 2 is 1.71 bits per heavy atom. The van der Waals surface area contributed by atoms with Gasteiger partial charge in [-0.25, -0.2) is 0 Å². The van der Waals surface area contributed by atoms with Crippen molar-refractivity contribution in [1.82, 2.24) is 4.98 Å². The van der Waals surface area contributed by atoms with Gasteiger partial charge in [0.05, 0.1) is 0 Å². The van der Waals surface area contributed by atoms with E-state index in [-0.39, 0.29) is 5.78 Å². The molecule has 0 saturated carbocycles. The van der Waals surface area contributed by atoms with Crippen molar-refractivity contribution in [3.63, 3.8) is 0 Å². The number of Topliss-reactive ketones (excluding diaryl/α,β-unsaturated/α-hetero) is 1. The van der Waals surface area contributed by atoms with Gasteiger partial charge in [-0.15, -0.1) is 4.91 Å². The molecule has 2 aromatic rings. The molecule has 0 aliphatic rings. The monoisotopic (exact) mass is 226 g/mol. The lowest BCUT2D eigenvalue weighted by Crippen LogP contribution is -2.10. The zero-order valence-electron chi connectivity index (χ0n) is 8.98. The van der Waals surface area contributed by atoms with E-state index in [2.05, 4.69) is 10.2 Å². The predicted octanol–water partition coefficient (Wildman–Crippen LogP) is 2.77. The molecule has 1 heterocycles. The van der Waals surface area contributed by atoms with Crippen LogP contribution >= 0.6 is 0 Å². The highest BCUT2D eigenvalue weighted by molar-refractivity contribution is 6.00. The van der Waals surface area contributed by atoms with Crippen LogP contribution in [0.5, 0.6) is 0 Å². The smallest absolute Gasteiger partial charge is 0.195 e. The van der Waals surface area contributed by atoms with Crippen molar-refractivity contribution < 1.29 is 4.79 Å². The van der Waals surface area contributed by atoms with Crippen molar-refractivity contribution in [2.75, 3.05) is 0 Å². The van der Waals surface area contributed by atoms with Gasteiger partial charge in [-0.05, 0) is 17.7 Å². The molecule has 1 aromatic heterocycles. The van der Waals surface area contributed by atoms with Gasteiger partial charge in [0.15, 0.2) is 11.8 Å². The predicted molar refractivity (Wildman–Crippen MR) is 63.5 cm³/mol. The third-order valence-corrected chi connectivity index (χ3v) is 2.43. The number of aromatic nitrogens is 1. The first-order chi connectivity index (χ1) is 8.33. The van der Waals surface area contributed by atoms with Crippen molar-refractivity contribution in [3.05, 3.63) is 70.9 Å². The average Bonchev–Trinajstić information content (AvgIpc) is 2.42. The largest absolute Gasteiger partial charge is 0.291 e. The average molecular weight is 226 g/mol. The van der Waals surface area contributed by atoms with Gasteiger partial charge in [0.25, 0.3) is 0 Å². The van der Waals surface area contributed by atoms with E-state index in [0.29, 0.717) is 11.1 Å². The van der Waals surface area contributed by atoms with Crippen molar-refractivity contribution in [2.24, 2.45) is 5.18 Å². The second-order valence-corrected chi connectivity index (χ2v) is 3.52. The number of nitroso groups, excluding NO2 is 1. The molecule has 84 valence electrons. The van der Waals surface area contributed by atoms with Gasteiger partial charge in [0.2, 0.25) is 0 Å². The lowest BCUT2D eigenvalue weighted by Gasteiger charge is -2.07. The van der Waals surface area contributed by atoms with Gasteiger partial charge >= 0.3 is 0 Å². The Morgan fingerprint density at radius 1 is 1.06 bits per heavy atom. The first-order valence-corrected chi connectivity index (χ1v) is 5.14. The fraction of sp³-hybridized carbons (Fsp3) is 0.0769. The van der Waals surface area contributed by atoms with Crippen LogP contribution in [0.2, 0.25) is 0 Å². The molecule has 0 aliphatic carbocycles. The molecule has 1 unspecified atom stereocenters. The quantitative estimate of drug-likeness (QED) is 0.595. The molecule has 0 bridgehead atoms. The topological polar surface area (TPSA) is 59.4 Å². The molecule has 0 N–H and O–H groups in total. The Morgan fingerprint density at radius 3 is 2.29 bits per heavy atom. The Kier molecular flexibility index (Phi) is 3.35. The number of carbonyl (C=O) groups is 1. The first kappa shape index (κ1) is 11.1. The van der Waals surface area contributed by atoms with Crippen LogP contribution in [0.1, 0.15) is 22.0 Å². The van der Waals surface area contributed by atoms with Crippen LogP contribution in [0, 0.1) is 4.91 Å². The van der Waals surface area contributed by atoms with E-state index in [1.54, 1.807) is 36.4 Å². The third kappa shape index (κ3) is 2.42. The fourth-order valence-electron chi connectivity index (χ4n) is 1.57. The van der Waals surface area contributed by atoms with Gasteiger partial charge in [-0.1, -0.05) is 35.5 Å². The molecule has 4 nitrogen and oxygen atoms in total. The van der Waals surface area contributed by atoms with E-state index in [1.807, 2.05) is 6.07 Å². The second kappa shape index (κ2) is 5.12. The van der Waals surface area contributed by atoms with E-state index >= 15 is 0 Å². The summed E-state index contributed by atoms with van der Waals surface area (Å²) in [7, 11) is 0. The number of benzene rings is 1. The lowest BCUT2D eigenvalue weighted by atomic mass is 9.99. The van der Waals surface area contributed by atoms with E-state index < -0.39 is 6.04 Å². The van der Waals surface area contributed by atoms with Crippen LogP contribution < -0.4 is 0 Å². The summed E-state index contributed by atoms with van der Waals surface area (Å²) < 4.78 is 0. The highest BCUT2D eigenvalue weighted by Crippen LogP contribution is 2.21. The summed E-state index contributed by atoms with van der Waals surface area (Å²) in [6.07, 6.45) is 3.07. The third-order valence-electron chi connectivity index (χ3n) is 2.43. The maximum atomic E-state index is 12.1. The van der Waals surface area contributed by atoms with Gasteiger partial charge in [-0.2, -0.15) is 0 Å². The van der Waals surface area contributed by atoms with E-state index in [0.717, 1.165) is 0 Å². The van der Waals surface area contributed by atoms with Gasteiger partial charge < -0.3 is 0 Å². The maximum absolute atomic E-state index is 12.1. The summed E-state index contributed by atoms with van der Waals surface area (Å²) in [6.45, 7) is 0. The van der Waals surface area contributed by atoms with Gasteiger partial charge in [0.1, 0.15) is 0 Å². The van der Waals surface area contributed by atoms with E-state index in [4.69, 9.17) is 0 Å². The Balaban J connectivity index is 2.32. The highest BCUT2D eigenvalue weighted by Gasteiger charge is 2.22. The number of ketones is 1. The summed E-state index contributed by atoms with van der Waals surface area (Å²) in [6, 6.07) is 10.9. The summed E-state index contributed by atoms with van der Waals surface area (Å²) in [5.41, 5.74) is 1.04. The van der Waals surface area contributed by atoms with Crippen LogP contribution in [0.25, 0.3) is 0 Å². The lowest BCUT2D eigenvalue weighted by molar-refractivity contribution is 0.0962. The zero-order chi connectivity index (χ0) is 12.1. The molecule has 1 atom stereocenters. The molecule has 17 heavy (non-hydrogen) atoms. The number of rotatable bonds is 4. The molecule has 0 spiro atoms. The molecule has 1 aromatic carbocycles. The van der Waals surface area contributed by atoms with Crippen LogP contribution in [0.15, 0.2) is 60.0 Å². The van der Waals surface area contributed by atoms with Gasteiger partial charge in [-0.3, -0.25) is 9.78 Å². The number of pyridine rings is 1. The summed E-state index contributed by atoms with van der Waals surface area (Å²) >= 11 is 0. The Hall–Kier alpha value is -2.36. The molecular weight excluding hydrogens is 216 g/mol. The molecule has 0 aliphatic heterocycles. The van der Waals surface area contributed by atoms with Crippen LogP contribution in [-0.2, 0) is 0 Å². The molecule has 0 amide bonds. The summed E-state index contributed by atoms with van der Waals surface area (Å²) in [5, 5.41) is 2.91. The van der Waals surface area contributed by atoms with Crippen LogP contribution in [-0.4, -0.2) is 10.8 Å². The molecule has 0 saturated heterocycles. The minimum atomic E-state index is -1.000. The number of hydrogen-bond donors (Lipinski definition) is 0. The standard InChI is InChI=1S/C13H10N2O2/c16-13(11-4-2-1-3-5-11)12(15-17)10-6-8-14-9-7-10/h1-9,12H. The van der Waals surface area contributed by atoms with Crippen LogP contribution in [0.4, 0.5) is 0 Å². The minimum absolute atomic E-state index is 0.299.